The molecule has 1 aliphatic heterocycles. The summed E-state index contributed by atoms with van der Waals surface area (Å²) in [5.74, 6) is 0.892. The Kier molecular flexibility index (Phi) is 2.41. The lowest BCUT2D eigenvalue weighted by Crippen LogP contribution is -2.25. The molecule has 0 amide bonds. The molecule has 0 radical (unpaired) electrons. The smallest absolute Gasteiger partial charge is 0.203 e. The Hall–Kier alpha value is -2.09. The molecule has 84 valence electrons. The Bertz CT molecular complexity index is 521. The van der Waals surface area contributed by atoms with Crippen molar-refractivity contribution in [3.05, 3.63) is 65.7 Å². The molecule has 0 saturated heterocycles. The predicted molar refractivity (Wildman–Crippen MR) is 65.3 cm³/mol. The fraction of sp³-hybridized carbons (Fsp3) is 0.133. The number of hydrogen-bond donors (Lipinski definition) is 0. The molecule has 0 saturated carbocycles. The Morgan fingerprint density at radius 1 is 1.00 bits per heavy atom. The highest BCUT2D eigenvalue weighted by Gasteiger charge is 2.29. The van der Waals surface area contributed by atoms with Gasteiger partial charge in [0, 0.05) is 12.0 Å². The summed E-state index contributed by atoms with van der Waals surface area (Å²) >= 11 is 0. The number of ketones is 1. The normalized spacial score (nSPS) is 17.3. The fourth-order valence-corrected chi connectivity index (χ4v) is 2.12. The third-order valence-electron chi connectivity index (χ3n) is 3.00. The van der Waals surface area contributed by atoms with Crippen LogP contribution in [-0.2, 0) is 6.42 Å². The largest absolute Gasteiger partial charge is 0.482 e. The van der Waals surface area contributed by atoms with E-state index in [1.807, 2.05) is 54.6 Å². The molecule has 0 bridgehead atoms. The van der Waals surface area contributed by atoms with E-state index in [0.717, 1.165) is 11.3 Å². The fourth-order valence-electron chi connectivity index (χ4n) is 2.12. The van der Waals surface area contributed by atoms with E-state index in [2.05, 4.69) is 0 Å². The number of para-hydroxylation sites is 1. The number of rotatable bonds is 2. The van der Waals surface area contributed by atoms with Crippen molar-refractivity contribution in [1.29, 1.82) is 0 Å². The number of carbonyl (C=O) groups excluding carboxylic acids is 1. The number of ether oxygens (including phenoxy) is 1. The Morgan fingerprint density at radius 2 is 1.71 bits per heavy atom. The van der Waals surface area contributed by atoms with Gasteiger partial charge >= 0.3 is 0 Å². The minimum atomic E-state index is -0.366. The molecule has 2 aromatic carbocycles. The lowest BCUT2D eigenvalue weighted by Gasteiger charge is -2.09. The first-order valence-electron chi connectivity index (χ1n) is 5.68. The van der Waals surface area contributed by atoms with E-state index in [1.165, 1.54) is 0 Å². The van der Waals surface area contributed by atoms with Gasteiger partial charge in [0.25, 0.3) is 0 Å². The zero-order valence-corrected chi connectivity index (χ0v) is 9.30. The number of carbonyl (C=O) groups is 1. The summed E-state index contributed by atoms with van der Waals surface area (Å²) in [5, 5.41) is 0. The van der Waals surface area contributed by atoms with Gasteiger partial charge in [-0.05, 0) is 11.6 Å². The first-order valence-corrected chi connectivity index (χ1v) is 5.68. The molecule has 2 aromatic rings. The van der Waals surface area contributed by atoms with Crippen molar-refractivity contribution in [3.8, 4) is 5.75 Å². The van der Waals surface area contributed by atoms with E-state index in [4.69, 9.17) is 4.74 Å². The minimum absolute atomic E-state index is 0.0572. The number of benzene rings is 2. The van der Waals surface area contributed by atoms with Crippen LogP contribution in [0.25, 0.3) is 0 Å². The van der Waals surface area contributed by atoms with E-state index >= 15 is 0 Å². The highest BCUT2D eigenvalue weighted by atomic mass is 16.5. The summed E-state index contributed by atoms with van der Waals surface area (Å²) < 4.78 is 5.67. The first-order chi connectivity index (χ1) is 8.34. The number of hydrogen-bond acceptors (Lipinski definition) is 2. The van der Waals surface area contributed by atoms with Crippen molar-refractivity contribution < 1.29 is 9.53 Å². The Balaban J connectivity index is 1.84. The molecule has 0 N–H and O–H groups in total. The second-order valence-electron chi connectivity index (χ2n) is 4.15. The van der Waals surface area contributed by atoms with Crippen molar-refractivity contribution in [2.24, 2.45) is 0 Å². The van der Waals surface area contributed by atoms with Gasteiger partial charge < -0.3 is 4.74 Å². The van der Waals surface area contributed by atoms with Gasteiger partial charge in [-0.3, -0.25) is 4.79 Å². The lowest BCUT2D eigenvalue weighted by atomic mass is 10.0. The zero-order valence-electron chi connectivity index (χ0n) is 9.30. The summed E-state index contributed by atoms with van der Waals surface area (Å²) in [7, 11) is 0. The molecule has 2 heteroatoms. The number of fused-ring (bicyclic) bond motifs is 1. The molecule has 1 unspecified atom stereocenters. The van der Waals surface area contributed by atoms with Crippen LogP contribution in [0, 0.1) is 0 Å². The summed E-state index contributed by atoms with van der Waals surface area (Å²) in [6.07, 6.45) is 0.305. The Labute approximate surface area is 99.9 Å². The van der Waals surface area contributed by atoms with Crippen LogP contribution < -0.4 is 4.74 Å². The standard InChI is InChI=1S/C15H12O2/c16-15(11-6-2-1-3-7-11)14-10-12-8-4-5-9-13(12)17-14/h1-9,14H,10H2. The van der Waals surface area contributed by atoms with E-state index in [-0.39, 0.29) is 11.9 Å². The van der Waals surface area contributed by atoms with Crippen LogP contribution in [0.1, 0.15) is 15.9 Å². The Morgan fingerprint density at radius 3 is 2.47 bits per heavy atom. The molecule has 1 heterocycles. The van der Waals surface area contributed by atoms with Crippen molar-refractivity contribution in [2.45, 2.75) is 12.5 Å². The maximum atomic E-state index is 12.2. The van der Waals surface area contributed by atoms with Crippen molar-refractivity contribution in [2.75, 3.05) is 0 Å². The van der Waals surface area contributed by atoms with Crippen molar-refractivity contribution in [3.63, 3.8) is 0 Å². The monoisotopic (exact) mass is 224 g/mol. The van der Waals surface area contributed by atoms with Gasteiger partial charge in [0.1, 0.15) is 5.75 Å². The molecule has 1 atom stereocenters. The van der Waals surface area contributed by atoms with E-state index in [9.17, 15) is 4.79 Å². The molecular weight excluding hydrogens is 212 g/mol. The van der Waals surface area contributed by atoms with Crippen LogP contribution in [0.3, 0.4) is 0 Å². The average Bonchev–Trinajstić information content (AvgIpc) is 2.82. The average molecular weight is 224 g/mol. The second-order valence-corrected chi connectivity index (χ2v) is 4.15. The molecule has 2 nitrogen and oxygen atoms in total. The quantitative estimate of drug-likeness (QED) is 0.733. The maximum absolute atomic E-state index is 12.2. The van der Waals surface area contributed by atoms with E-state index in [1.54, 1.807) is 0 Å². The minimum Gasteiger partial charge on any atom is -0.482 e. The topological polar surface area (TPSA) is 26.3 Å². The van der Waals surface area contributed by atoms with Crippen LogP contribution in [0.15, 0.2) is 54.6 Å². The zero-order chi connectivity index (χ0) is 11.7. The first kappa shape index (κ1) is 10.1. The lowest BCUT2D eigenvalue weighted by molar-refractivity contribution is 0.0825. The van der Waals surface area contributed by atoms with Gasteiger partial charge in [-0.25, -0.2) is 0 Å². The molecule has 17 heavy (non-hydrogen) atoms. The van der Waals surface area contributed by atoms with Gasteiger partial charge in [-0.1, -0.05) is 48.5 Å². The molecule has 0 aromatic heterocycles. The summed E-state index contributed by atoms with van der Waals surface area (Å²) in [6, 6.07) is 17.1. The molecular formula is C15H12O2. The van der Waals surface area contributed by atoms with E-state index < -0.39 is 0 Å². The van der Waals surface area contributed by atoms with Crippen LogP contribution >= 0.6 is 0 Å². The van der Waals surface area contributed by atoms with Crippen LogP contribution in [0.5, 0.6) is 5.75 Å². The molecule has 3 rings (SSSR count). The molecule has 0 spiro atoms. The van der Waals surface area contributed by atoms with Crippen LogP contribution in [-0.4, -0.2) is 11.9 Å². The highest BCUT2D eigenvalue weighted by molar-refractivity contribution is 6.00. The molecule has 1 aliphatic rings. The predicted octanol–water partition coefficient (Wildman–Crippen LogP) is 2.87. The second kappa shape index (κ2) is 4.06. The van der Waals surface area contributed by atoms with Crippen LogP contribution in [0.2, 0.25) is 0 Å². The van der Waals surface area contributed by atoms with Gasteiger partial charge in [0.2, 0.25) is 5.78 Å². The SMILES string of the molecule is O=C(c1ccccc1)C1Cc2ccccc2O1. The number of Topliss-reactive ketones (excluding diaryl/α,β-unsaturated/α-hetero) is 1. The van der Waals surface area contributed by atoms with Crippen molar-refractivity contribution >= 4 is 5.78 Å². The summed E-state index contributed by atoms with van der Waals surface area (Å²) in [4.78, 5) is 12.2. The summed E-state index contributed by atoms with van der Waals surface area (Å²) in [5.41, 5.74) is 1.83. The van der Waals surface area contributed by atoms with Gasteiger partial charge in [0.05, 0.1) is 0 Å². The van der Waals surface area contributed by atoms with Gasteiger partial charge in [0.15, 0.2) is 6.10 Å². The third-order valence-corrected chi connectivity index (χ3v) is 3.00. The molecule has 0 aliphatic carbocycles. The van der Waals surface area contributed by atoms with Gasteiger partial charge in [-0.2, -0.15) is 0 Å². The molecule has 0 fully saturated rings. The maximum Gasteiger partial charge on any atom is 0.203 e. The highest BCUT2D eigenvalue weighted by Crippen LogP contribution is 2.29. The summed E-state index contributed by atoms with van der Waals surface area (Å²) in [6.45, 7) is 0. The van der Waals surface area contributed by atoms with Gasteiger partial charge in [-0.15, -0.1) is 0 Å². The van der Waals surface area contributed by atoms with Crippen molar-refractivity contribution in [1.82, 2.24) is 0 Å². The van der Waals surface area contributed by atoms with Crippen LogP contribution in [0.4, 0.5) is 0 Å². The van der Waals surface area contributed by atoms with E-state index in [0.29, 0.717) is 12.0 Å². The third kappa shape index (κ3) is 1.82.